The van der Waals surface area contributed by atoms with Crippen molar-refractivity contribution < 1.29 is 4.79 Å². The second kappa shape index (κ2) is 8.86. The van der Waals surface area contributed by atoms with Crippen LogP contribution in [0.4, 0.5) is 0 Å². The average molecular weight is 471 g/mol. The van der Waals surface area contributed by atoms with Gasteiger partial charge in [-0.25, -0.2) is 9.67 Å². The summed E-state index contributed by atoms with van der Waals surface area (Å²) in [6, 6.07) is 8.07. The first-order valence-electron chi connectivity index (χ1n) is 9.71. The van der Waals surface area contributed by atoms with Gasteiger partial charge in [0, 0.05) is 16.8 Å². The van der Waals surface area contributed by atoms with Gasteiger partial charge in [0.1, 0.15) is 9.88 Å². The third kappa shape index (κ3) is 4.39. The molecule has 1 amide bonds. The average Bonchev–Trinajstić information content (AvgIpc) is 3.49. The molecule has 0 unspecified atom stereocenters. The Morgan fingerprint density at radius 3 is 2.19 bits per heavy atom. The zero-order valence-corrected chi connectivity index (χ0v) is 20.2. The molecule has 4 heterocycles. The molecule has 0 spiro atoms. The number of hydrogen-bond acceptors (Lipinski definition) is 7. The standard InChI is InChI=1S/C22H22N4O2S3/c1-13-14(2)24-25(4)21(27)18(13)20-23-15(3)19(31-20)22(28)26(11-16-7-5-9-29-16)12-17-8-6-10-30-17/h5-10H,11-12H2,1-4H3. The van der Waals surface area contributed by atoms with Crippen LogP contribution in [0, 0.1) is 20.8 Å². The van der Waals surface area contributed by atoms with E-state index in [4.69, 9.17) is 0 Å². The van der Waals surface area contributed by atoms with E-state index in [9.17, 15) is 9.59 Å². The van der Waals surface area contributed by atoms with Gasteiger partial charge in [-0.3, -0.25) is 9.59 Å². The smallest absolute Gasteiger partial charge is 0.277 e. The molecular weight excluding hydrogens is 448 g/mol. The summed E-state index contributed by atoms with van der Waals surface area (Å²) in [4.78, 5) is 35.6. The minimum Gasteiger partial charge on any atom is -0.328 e. The second-order valence-electron chi connectivity index (χ2n) is 7.27. The zero-order valence-electron chi connectivity index (χ0n) is 17.7. The number of thiazole rings is 1. The predicted molar refractivity (Wildman–Crippen MR) is 127 cm³/mol. The molecule has 4 aromatic heterocycles. The highest BCUT2D eigenvalue weighted by atomic mass is 32.1. The Morgan fingerprint density at radius 1 is 1.03 bits per heavy atom. The van der Waals surface area contributed by atoms with Crippen molar-refractivity contribution in [2.45, 2.75) is 33.9 Å². The molecule has 0 atom stereocenters. The Labute approximate surface area is 192 Å². The van der Waals surface area contributed by atoms with E-state index in [0.717, 1.165) is 21.0 Å². The van der Waals surface area contributed by atoms with Crippen LogP contribution in [0.25, 0.3) is 10.6 Å². The summed E-state index contributed by atoms with van der Waals surface area (Å²) in [5.41, 5.74) is 2.53. The van der Waals surface area contributed by atoms with Gasteiger partial charge in [0.05, 0.1) is 30.0 Å². The van der Waals surface area contributed by atoms with Crippen molar-refractivity contribution in [3.05, 3.63) is 77.0 Å². The van der Waals surface area contributed by atoms with Gasteiger partial charge in [-0.1, -0.05) is 12.1 Å². The summed E-state index contributed by atoms with van der Waals surface area (Å²) in [6.07, 6.45) is 0. The van der Waals surface area contributed by atoms with Crippen molar-refractivity contribution in [3.8, 4) is 10.6 Å². The number of carbonyl (C=O) groups is 1. The van der Waals surface area contributed by atoms with Crippen molar-refractivity contribution in [1.29, 1.82) is 0 Å². The number of aryl methyl sites for hydroxylation is 3. The third-order valence-electron chi connectivity index (χ3n) is 5.07. The van der Waals surface area contributed by atoms with Gasteiger partial charge in [-0.2, -0.15) is 5.10 Å². The molecule has 0 saturated carbocycles. The van der Waals surface area contributed by atoms with Crippen LogP contribution >= 0.6 is 34.0 Å². The van der Waals surface area contributed by atoms with Crippen LogP contribution in [0.2, 0.25) is 0 Å². The molecule has 0 saturated heterocycles. The molecule has 0 aliphatic carbocycles. The quantitative estimate of drug-likeness (QED) is 0.406. The Hall–Kier alpha value is -2.62. The molecule has 160 valence electrons. The van der Waals surface area contributed by atoms with Gasteiger partial charge >= 0.3 is 0 Å². The van der Waals surface area contributed by atoms with Gasteiger partial charge in [0.2, 0.25) is 0 Å². The van der Waals surface area contributed by atoms with Crippen LogP contribution in [0.5, 0.6) is 0 Å². The van der Waals surface area contributed by atoms with Crippen molar-refractivity contribution in [1.82, 2.24) is 19.7 Å². The van der Waals surface area contributed by atoms with Crippen molar-refractivity contribution in [3.63, 3.8) is 0 Å². The molecule has 0 fully saturated rings. The van der Waals surface area contributed by atoms with Crippen LogP contribution in [-0.4, -0.2) is 25.6 Å². The molecule has 0 N–H and O–H groups in total. The van der Waals surface area contributed by atoms with Crippen LogP contribution in [0.15, 0.2) is 39.8 Å². The molecule has 0 bridgehead atoms. The van der Waals surface area contributed by atoms with Gasteiger partial charge in [0.15, 0.2) is 0 Å². The summed E-state index contributed by atoms with van der Waals surface area (Å²) >= 11 is 4.56. The topological polar surface area (TPSA) is 68.1 Å². The van der Waals surface area contributed by atoms with Crippen molar-refractivity contribution >= 4 is 39.9 Å². The Morgan fingerprint density at radius 2 is 1.65 bits per heavy atom. The molecule has 0 aliphatic rings. The highest BCUT2D eigenvalue weighted by Crippen LogP contribution is 2.30. The number of amides is 1. The minimum atomic E-state index is -0.204. The number of thiophene rings is 2. The van der Waals surface area contributed by atoms with E-state index in [1.165, 1.54) is 16.0 Å². The summed E-state index contributed by atoms with van der Waals surface area (Å²) in [6.45, 7) is 6.65. The fraction of sp³-hybridized carbons (Fsp3) is 0.273. The number of rotatable bonds is 6. The summed E-state index contributed by atoms with van der Waals surface area (Å²) in [5.74, 6) is -0.0664. The fourth-order valence-corrected chi connectivity index (χ4v) is 5.89. The lowest BCUT2D eigenvalue weighted by Crippen LogP contribution is -2.29. The van der Waals surface area contributed by atoms with E-state index in [-0.39, 0.29) is 11.5 Å². The normalized spacial score (nSPS) is 11.1. The van der Waals surface area contributed by atoms with Gasteiger partial charge < -0.3 is 4.90 Å². The monoisotopic (exact) mass is 470 g/mol. The Bertz CT molecular complexity index is 1230. The number of nitrogens with zero attached hydrogens (tertiary/aromatic N) is 4. The van der Waals surface area contributed by atoms with Crippen LogP contribution in [0.1, 0.15) is 36.4 Å². The van der Waals surface area contributed by atoms with Gasteiger partial charge in [0.25, 0.3) is 11.5 Å². The molecule has 4 rings (SSSR count). The summed E-state index contributed by atoms with van der Waals surface area (Å²) in [5, 5.41) is 8.84. The molecule has 9 heteroatoms. The first-order chi connectivity index (χ1) is 14.8. The molecule has 6 nitrogen and oxygen atoms in total. The molecule has 31 heavy (non-hydrogen) atoms. The predicted octanol–water partition coefficient (Wildman–Crippen LogP) is 4.79. The van der Waals surface area contributed by atoms with E-state index in [1.54, 1.807) is 29.7 Å². The first-order valence-corrected chi connectivity index (χ1v) is 12.3. The lowest BCUT2D eigenvalue weighted by molar-refractivity contribution is 0.0737. The molecule has 4 aromatic rings. The number of carbonyl (C=O) groups excluding carboxylic acids is 1. The highest BCUT2D eigenvalue weighted by Gasteiger charge is 2.25. The fourth-order valence-electron chi connectivity index (χ4n) is 3.33. The van der Waals surface area contributed by atoms with Gasteiger partial charge in [-0.05, 0) is 49.2 Å². The van der Waals surface area contributed by atoms with Crippen LogP contribution in [-0.2, 0) is 20.1 Å². The van der Waals surface area contributed by atoms with E-state index in [2.05, 4.69) is 10.1 Å². The lowest BCUT2D eigenvalue weighted by Gasteiger charge is -2.21. The van der Waals surface area contributed by atoms with E-state index in [0.29, 0.717) is 34.2 Å². The van der Waals surface area contributed by atoms with Gasteiger partial charge in [-0.15, -0.1) is 34.0 Å². The second-order valence-corrected chi connectivity index (χ2v) is 10.3. The zero-order chi connectivity index (χ0) is 22.1. The summed E-state index contributed by atoms with van der Waals surface area (Å²) in [7, 11) is 1.63. The minimum absolute atomic E-state index is 0.0664. The highest BCUT2D eigenvalue weighted by molar-refractivity contribution is 7.17. The number of aromatic nitrogens is 3. The summed E-state index contributed by atoms with van der Waals surface area (Å²) < 4.78 is 1.33. The van der Waals surface area contributed by atoms with E-state index in [1.807, 2.05) is 60.7 Å². The Balaban J connectivity index is 1.72. The maximum absolute atomic E-state index is 13.6. The molecule has 0 radical (unpaired) electrons. The maximum atomic E-state index is 13.6. The lowest BCUT2D eigenvalue weighted by atomic mass is 10.1. The first kappa shape index (κ1) is 21.6. The van der Waals surface area contributed by atoms with Crippen molar-refractivity contribution in [2.24, 2.45) is 7.05 Å². The largest absolute Gasteiger partial charge is 0.328 e. The molecule has 0 aromatic carbocycles. The van der Waals surface area contributed by atoms with Crippen LogP contribution in [0.3, 0.4) is 0 Å². The molecular formula is C22H22N4O2S3. The third-order valence-corrected chi connectivity index (χ3v) is 7.96. The SMILES string of the molecule is Cc1nc(-c2c(C)c(C)nn(C)c2=O)sc1C(=O)N(Cc1cccs1)Cc1cccs1. The Kier molecular flexibility index (Phi) is 6.17. The van der Waals surface area contributed by atoms with Crippen LogP contribution < -0.4 is 5.56 Å². The molecule has 0 aliphatic heterocycles. The van der Waals surface area contributed by atoms with E-state index < -0.39 is 0 Å². The van der Waals surface area contributed by atoms with Crippen molar-refractivity contribution in [2.75, 3.05) is 0 Å². The number of hydrogen-bond donors (Lipinski definition) is 0. The van der Waals surface area contributed by atoms with E-state index >= 15 is 0 Å². The maximum Gasteiger partial charge on any atom is 0.277 e.